The quantitative estimate of drug-likeness (QED) is 0.425. The molecule has 5 rings (SSSR count). The molecule has 1 aliphatic rings. The number of aryl methyl sites for hydroxylation is 1. The van der Waals surface area contributed by atoms with Gasteiger partial charge >= 0.3 is 17.5 Å². The maximum atomic E-state index is 13.0. The topological polar surface area (TPSA) is 116 Å². The SMILES string of the molecule is Cc1ccc(-n2nc(-c3noc(C(=O)N4CCC(Cc5ccccc5)CC4)n3)c(=O)n(C)c2=O)cc1. The van der Waals surface area contributed by atoms with Gasteiger partial charge in [0.15, 0.2) is 5.69 Å². The first kappa shape index (κ1) is 23.4. The lowest BCUT2D eigenvalue weighted by molar-refractivity contribution is 0.0640. The Morgan fingerprint density at radius 3 is 2.42 bits per heavy atom. The monoisotopic (exact) mass is 486 g/mol. The van der Waals surface area contributed by atoms with Gasteiger partial charge in [0, 0.05) is 20.1 Å². The van der Waals surface area contributed by atoms with Crippen molar-refractivity contribution in [2.24, 2.45) is 13.0 Å². The number of hydrogen-bond donors (Lipinski definition) is 0. The van der Waals surface area contributed by atoms with Crippen molar-refractivity contribution in [2.45, 2.75) is 26.2 Å². The number of hydrogen-bond acceptors (Lipinski definition) is 7. The molecule has 1 fully saturated rings. The van der Waals surface area contributed by atoms with E-state index in [9.17, 15) is 14.4 Å². The summed E-state index contributed by atoms with van der Waals surface area (Å²) in [6.07, 6.45) is 2.75. The van der Waals surface area contributed by atoms with E-state index in [-0.39, 0.29) is 23.3 Å². The minimum atomic E-state index is -0.676. The van der Waals surface area contributed by atoms with Crippen LogP contribution in [0.2, 0.25) is 0 Å². The Bertz CT molecular complexity index is 1500. The fourth-order valence-electron chi connectivity index (χ4n) is 4.40. The zero-order valence-corrected chi connectivity index (χ0v) is 20.1. The smallest absolute Gasteiger partial charge is 0.334 e. The van der Waals surface area contributed by atoms with Crippen molar-refractivity contribution in [3.63, 3.8) is 0 Å². The predicted octanol–water partition coefficient (Wildman–Crippen LogP) is 2.38. The molecule has 0 radical (unpaired) electrons. The Morgan fingerprint density at radius 2 is 1.72 bits per heavy atom. The molecule has 10 heteroatoms. The lowest BCUT2D eigenvalue weighted by Crippen LogP contribution is -2.40. The second kappa shape index (κ2) is 9.73. The largest absolute Gasteiger partial charge is 0.351 e. The van der Waals surface area contributed by atoms with Crippen LogP contribution in [0.25, 0.3) is 17.2 Å². The second-order valence-electron chi connectivity index (χ2n) is 9.09. The van der Waals surface area contributed by atoms with Crippen molar-refractivity contribution in [3.8, 4) is 17.2 Å². The molecule has 0 N–H and O–H groups in total. The number of amides is 1. The van der Waals surface area contributed by atoms with Gasteiger partial charge in [-0.3, -0.25) is 14.2 Å². The fourth-order valence-corrected chi connectivity index (χ4v) is 4.40. The molecule has 36 heavy (non-hydrogen) atoms. The van der Waals surface area contributed by atoms with Crippen molar-refractivity contribution < 1.29 is 9.32 Å². The Kier molecular flexibility index (Phi) is 6.32. The van der Waals surface area contributed by atoms with Crippen molar-refractivity contribution in [1.82, 2.24) is 29.4 Å². The lowest BCUT2D eigenvalue weighted by atomic mass is 9.90. The highest BCUT2D eigenvalue weighted by atomic mass is 16.5. The number of carbonyl (C=O) groups is 1. The van der Waals surface area contributed by atoms with Crippen molar-refractivity contribution in [2.75, 3.05) is 13.1 Å². The zero-order valence-electron chi connectivity index (χ0n) is 20.1. The number of rotatable bonds is 5. The summed E-state index contributed by atoms with van der Waals surface area (Å²) in [7, 11) is 1.35. The minimum Gasteiger partial charge on any atom is -0.334 e. The molecule has 184 valence electrons. The highest BCUT2D eigenvalue weighted by Crippen LogP contribution is 2.23. The van der Waals surface area contributed by atoms with Crippen molar-refractivity contribution in [1.29, 1.82) is 0 Å². The highest BCUT2D eigenvalue weighted by molar-refractivity contribution is 5.90. The number of aromatic nitrogens is 5. The highest BCUT2D eigenvalue weighted by Gasteiger charge is 2.28. The number of piperidine rings is 1. The van der Waals surface area contributed by atoms with Crippen LogP contribution in [-0.2, 0) is 13.5 Å². The Labute approximate surface area is 206 Å². The fraction of sp³-hybridized carbons (Fsp3) is 0.308. The van der Waals surface area contributed by atoms with Crippen molar-refractivity contribution >= 4 is 5.91 Å². The number of likely N-dealkylation sites (tertiary alicyclic amines) is 1. The van der Waals surface area contributed by atoms with Gasteiger partial charge in [-0.25, -0.2) is 4.79 Å². The van der Waals surface area contributed by atoms with Crippen LogP contribution >= 0.6 is 0 Å². The summed E-state index contributed by atoms with van der Waals surface area (Å²) < 4.78 is 7.25. The third-order valence-electron chi connectivity index (χ3n) is 6.54. The van der Waals surface area contributed by atoms with E-state index in [0.29, 0.717) is 24.7 Å². The average molecular weight is 487 g/mol. The van der Waals surface area contributed by atoms with Gasteiger partial charge < -0.3 is 9.42 Å². The van der Waals surface area contributed by atoms with Gasteiger partial charge in [-0.15, -0.1) is 0 Å². The van der Waals surface area contributed by atoms with Gasteiger partial charge in [0.05, 0.1) is 5.69 Å². The third-order valence-corrected chi connectivity index (χ3v) is 6.54. The van der Waals surface area contributed by atoms with E-state index in [4.69, 9.17) is 4.52 Å². The van der Waals surface area contributed by atoms with Crippen LogP contribution in [-0.4, -0.2) is 48.4 Å². The van der Waals surface area contributed by atoms with E-state index in [2.05, 4.69) is 27.4 Å². The summed E-state index contributed by atoms with van der Waals surface area (Å²) in [5.74, 6) is -0.220. The van der Waals surface area contributed by atoms with Crippen LogP contribution in [0.4, 0.5) is 0 Å². The van der Waals surface area contributed by atoms with Crippen LogP contribution < -0.4 is 11.2 Å². The molecular formula is C26H26N6O4. The Hall–Kier alpha value is -4.34. The van der Waals surface area contributed by atoms with Crippen molar-refractivity contribution in [3.05, 3.63) is 92.5 Å². The maximum absolute atomic E-state index is 13.0. The Morgan fingerprint density at radius 1 is 1.03 bits per heavy atom. The predicted molar refractivity (Wildman–Crippen MR) is 132 cm³/mol. The Balaban J connectivity index is 1.34. The first-order valence-corrected chi connectivity index (χ1v) is 11.9. The van der Waals surface area contributed by atoms with E-state index in [0.717, 1.165) is 34.1 Å². The third kappa shape index (κ3) is 4.61. The van der Waals surface area contributed by atoms with Gasteiger partial charge in [-0.1, -0.05) is 53.2 Å². The van der Waals surface area contributed by atoms with Gasteiger partial charge in [-0.05, 0) is 49.8 Å². The van der Waals surface area contributed by atoms with Crippen LogP contribution in [0.1, 0.15) is 34.7 Å². The maximum Gasteiger partial charge on any atom is 0.351 e. The molecule has 2 aromatic carbocycles. The van der Waals surface area contributed by atoms with Crippen LogP contribution in [0.3, 0.4) is 0 Å². The van der Waals surface area contributed by atoms with E-state index in [1.54, 1.807) is 17.0 Å². The molecule has 1 amide bonds. The first-order valence-electron chi connectivity index (χ1n) is 11.9. The van der Waals surface area contributed by atoms with Gasteiger partial charge in [0.1, 0.15) is 0 Å². The summed E-state index contributed by atoms with van der Waals surface area (Å²) >= 11 is 0. The molecule has 1 saturated heterocycles. The molecule has 0 spiro atoms. The molecule has 1 aliphatic heterocycles. The second-order valence-corrected chi connectivity index (χ2v) is 9.09. The van der Waals surface area contributed by atoms with Gasteiger partial charge in [-0.2, -0.15) is 14.8 Å². The number of nitrogens with zero attached hydrogens (tertiary/aromatic N) is 6. The minimum absolute atomic E-state index is 0.140. The molecule has 3 heterocycles. The van der Waals surface area contributed by atoms with Gasteiger partial charge in [0.25, 0.3) is 5.56 Å². The number of benzene rings is 2. The number of carbonyl (C=O) groups excluding carboxylic acids is 1. The molecule has 2 aromatic heterocycles. The van der Waals surface area contributed by atoms with E-state index in [1.165, 1.54) is 12.6 Å². The van der Waals surface area contributed by atoms with E-state index in [1.807, 2.05) is 37.3 Å². The van der Waals surface area contributed by atoms with E-state index >= 15 is 0 Å². The molecule has 0 unspecified atom stereocenters. The zero-order chi connectivity index (χ0) is 25.2. The lowest BCUT2D eigenvalue weighted by Gasteiger charge is -2.31. The summed E-state index contributed by atoms with van der Waals surface area (Å²) in [5, 5.41) is 8.03. The molecule has 0 aliphatic carbocycles. The van der Waals surface area contributed by atoms with Crippen LogP contribution in [0.5, 0.6) is 0 Å². The first-order chi connectivity index (χ1) is 17.4. The molecular weight excluding hydrogens is 460 g/mol. The van der Waals surface area contributed by atoms with Gasteiger partial charge in [0.2, 0.25) is 5.82 Å². The molecule has 0 saturated carbocycles. The molecule has 4 aromatic rings. The summed E-state index contributed by atoms with van der Waals surface area (Å²) in [6.45, 7) is 3.11. The summed E-state index contributed by atoms with van der Waals surface area (Å²) in [6, 6.07) is 17.5. The summed E-state index contributed by atoms with van der Waals surface area (Å²) in [5.41, 5.74) is 1.34. The molecule has 10 nitrogen and oxygen atoms in total. The molecule has 0 bridgehead atoms. The summed E-state index contributed by atoms with van der Waals surface area (Å²) in [4.78, 5) is 44.3. The normalized spacial score (nSPS) is 14.2. The van der Waals surface area contributed by atoms with E-state index < -0.39 is 11.2 Å². The van der Waals surface area contributed by atoms with Crippen LogP contribution in [0, 0.1) is 12.8 Å². The van der Waals surface area contributed by atoms with Crippen LogP contribution in [0.15, 0.2) is 68.7 Å². The standard InChI is InChI=1S/C26H26N6O4/c1-17-8-10-20(11-9-17)32-26(35)30(2)24(33)21(28-32)22-27-23(36-29-22)25(34)31-14-12-19(13-15-31)16-18-6-4-3-5-7-18/h3-11,19H,12-16H2,1-2H3. The molecule has 0 atom stereocenters. The average Bonchev–Trinajstić information content (AvgIpc) is 3.39.